The lowest BCUT2D eigenvalue weighted by molar-refractivity contribution is -0.140. The van der Waals surface area contributed by atoms with Gasteiger partial charge in [0.25, 0.3) is 0 Å². The molecule has 0 N–H and O–H groups in total. The molecular formula is C7H2F5I. The summed E-state index contributed by atoms with van der Waals surface area (Å²) in [5.41, 5.74) is -1.45. The zero-order valence-electron chi connectivity index (χ0n) is 5.92. The fourth-order valence-corrected chi connectivity index (χ4v) is 1.22. The fraction of sp³-hybridized carbons (Fsp3) is 0.143. The summed E-state index contributed by atoms with van der Waals surface area (Å²) >= 11 is 1.18. The summed E-state index contributed by atoms with van der Waals surface area (Å²) in [7, 11) is 0. The van der Waals surface area contributed by atoms with Gasteiger partial charge in [0.2, 0.25) is 0 Å². The number of hydrogen-bond donors (Lipinski definition) is 0. The van der Waals surface area contributed by atoms with Crippen LogP contribution in [0.2, 0.25) is 0 Å². The molecule has 0 atom stereocenters. The summed E-state index contributed by atoms with van der Waals surface area (Å²) in [6.45, 7) is 0. The summed E-state index contributed by atoms with van der Waals surface area (Å²) < 4.78 is 60.7. The van der Waals surface area contributed by atoms with Gasteiger partial charge in [0.15, 0.2) is 5.82 Å². The van der Waals surface area contributed by atoms with Gasteiger partial charge in [0.05, 0.1) is 9.13 Å². The van der Waals surface area contributed by atoms with Crippen molar-refractivity contribution in [1.29, 1.82) is 0 Å². The quantitative estimate of drug-likeness (QED) is 0.390. The minimum atomic E-state index is -4.78. The highest BCUT2D eigenvalue weighted by Gasteiger charge is 2.35. The van der Waals surface area contributed by atoms with Crippen LogP contribution in [-0.2, 0) is 6.18 Å². The van der Waals surface area contributed by atoms with Crippen molar-refractivity contribution < 1.29 is 22.0 Å². The van der Waals surface area contributed by atoms with Crippen molar-refractivity contribution in [2.24, 2.45) is 0 Å². The molecular weight excluding hydrogens is 306 g/mol. The van der Waals surface area contributed by atoms with Gasteiger partial charge in [-0.1, -0.05) is 0 Å². The molecule has 0 bridgehead atoms. The molecule has 0 saturated heterocycles. The van der Waals surface area contributed by atoms with Gasteiger partial charge in [-0.3, -0.25) is 0 Å². The maximum absolute atomic E-state index is 12.8. The third-order valence-corrected chi connectivity index (χ3v) is 2.33. The third-order valence-electron chi connectivity index (χ3n) is 1.34. The average Bonchev–Trinajstić information content (AvgIpc) is 1.98. The number of rotatable bonds is 0. The SMILES string of the molecule is Fc1ccc(C(F)(F)F)c(F)c1I. The van der Waals surface area contributed by atoms with Gasteiger partial charge in [-0.05, 0) is 34.7 Å². The topological polar surface area (TPSA) is 0 Å². The number of alkyl halides is 3. The molecule has 0 fully saturated rings. The van der Waals surface area contributed by atoms with Crippen LogP contribution in [0.25, 0.3) is 0 Å². The second-order valence-corrected chi connectivity index (χ2v) is 3.30. The van der Waals surface area contributed by atoms with Gasteiger partial charge in [0, 0.05) is 0 Å². The molecule has 0 aliphatic rings. The van der Waals surface area contributed by atoms with Crippen LogP contribution in [0.15, 0.2) is 12.1 Å². The van der Waals surface area contributed by atoms with E-state index in [-0.39, 0.29) is 0 Å². The molecule has 0 aromatic heterocycles. The van der Waals surface area contributed by atoms with E-state index in [1.165, 1.54) is 22.6 Å². The van der Waals surface area contributed by atoms with Crippen molar-refractivity contribution in [3.05, 3.63) is 32.9 Å². The van der Waals surface area contributed by atoms with E-state index in [9.17, 15) is 22.0 Å². The summed E-state index contributed by atoms with van der Waals surface area (Å²) in [4.78, 5) is 0. The van der Waals surface area contributed by atoms with Crippen LogP contribution in [-0.4, -0.2) is 0 Å². The van der Waals surface area contributed by atoms with Crippen LogP contribution >= 0.6 is 22.6 Å². The molecule has 0 unspecified atom stereocenters. The monoisotopic (exact) mass is 308 g/mol. The number of hydrogen-bond acceptors (Lipinski definition) is 0. The highest BCUT2D eigenvalue weighted by Crippen LogP contribution is 2.33. The van der Waals surface area contributed by atoms with Gasteiger partial charge in [-0.2, -0.15) is 13.2 Å². The summed E-state index contributed by atoms with van der Waals surface area (Å²) in [5, 5.41) is 0. The average molecular weight is 308 g/mol. The minimum absolute atomic E-state index is 0.382. The Morgan fingerprint density at radius 2 is 1.62 bits per heavy atom. The molecule has 0 aliphatic carbocycles. The molecule has 0 amide bonds. The molecule has 72 valence electrons. The summed E-state index contributed by atoms with van der Waals surface area (Å²) in [5.74, 6) is -2.56. The first-order chi connectivity index (χ1) is 5.84. The molecule has 1 aromatic rings. The largest absolute Gasteiger partial charge is 0.419 e. The number of benzene rings is 1. The smallest absolute Gasteiger partial charge is 0.206 e. The van der Waals surface area contributed by atoms with Gasteiger partial charge < -0.3 is 0 Å². The lowest BCUT2D eigenvalue weighted by Crippen LogP contribution is -2.09. The molecule has 6 heteroatoms. The first kappa shape index (κ1) is 10.7. The third kappa shape index (κ3) is 2.09. The van der Waals surface area contributed by atoms with Crippen LogP contribution in [0.3, 0.4) is 0 Å². The summed E-state index contributed by atoms with van der Waals surface area (Å²) in [6.07, 6.45) is -4.78. The first-order valence-corrected chi connectivity index (χ1v) is 4.12. The molecule has 0 radical (unpaired) electrons. The van der Waals surface area contributed by atoms with E-state index in [0.717, 1.165) is 0 Å². The molecule has 13 heavy (non-hydrogen) atoms. The Morgan fingerprint density at radius 1 is 1.08 bits per heavy atom. The minimum Gasteiger partial charge on any atom is -0.206 e. The lowest BCUT2D eigenvalue weighted by atomic mass is 10.2. The van der Waals surface area contributed by atoms with E-state index in [2.05, 4.69) is 0 Å². The van der Waals surface area contributed by atoms with E-state index in [1.54, 1.807) is 0 Å². The van der Waals surface area contributed by atoms with Gasteiger partial charge in [0.1, 0.15) is 5.82 Å². The second-order valence-electron chi connectivity index (χ2n) is 2.22. The van der Waals surface area contributed by atoms with Crippen molar-refractivity contribution in [1.82, 2.24) is 0 Å². The van der Waals surface area contributed by atoms with Crippen LogP contribution < -0.4 is 0 Å². The zero-order valence-corrected chi connectivity index (χ0v) is 8.08. The first-order valence-electron chi connectivity index (χ1n) is 3.04. The predicted octanol–water partition coefficient (Wildman–Crippen LogP) is 3.59. The zero-order chi connectivity index (χ0) is 10.2. The second kappa shape index (κ2) is 3.39. The van der Waals surface area contributed by atoms with Gasteiger partial charge in [-0.25, -0.2) is 8.78 Å². The van der Waals surface area contributed by atoms with Gasteiger partial charge >= 0.3 is 6.18 Å². The van der Waals surface area contributed by atoms with Crippen LogP contribution in [0.4, 0.5) is 22.0 Å². The molecule has 0 nitrogen and oxygen atoms in total. The molecule has 0 saturated carbocycles. The van der Waals surface area contributed by atoms with Crippen molar-refractivity contribution in [2.45, 2.75) is 6.18 Å². The molecule has 1 rings (SSSR count). The maximum atomic E-state index is 12.8. The normalized spacial score (nSPS) is 11.8. The van der Waals surface area contributed by atoms with Crippen LogP contribution in [0, 0.1) is 15.2 Å². The van der Waals surface area contributed by atoms with E-state index in [1.807, 2.05) is 0 Å². The van der Waals surface area contributed by atoms with Crippen molar-refractivity contribution >= 4 is 22.6 Å². The van der Waals surface area contributed by atoms with Crippen molar-refractivity contribution in [3.63, 3.8) is 0 Å². The standard InChI is InChI=1S/C7H2F5I/c8-4-2-1-3(7(10,11)12)5(9)6(4)13/h1-2H. The Bertz CT molecular complexity index is 330. The van der Waals surface area contributed by atoms with Crippen molar-refractivity contribution in [2.75, 3.05) is 0 Å². The Kier molecular flexibility index (Phi) is 2.79. The molecule has 0 spiro atoms. The maximum Gasteiger partial charge on any atom is 0.419 e. The fourth-order valence-electron chi connectivity index (χ4n) is 0.745. The van der Waals surface area contributed by atoms with Gasteiger partial charge in [-0.15, -0.1) is 0 Å². The van der Waals surface area contributed by atoms with E-state index in [0.29, 0.717) is 12.1 Å². The van der Waals surface area contributed by atoms with E-state index >= 15 is 0 Å². The number of halogens is 6. The molecule has 0 heterocycles. The lowest BCUT2D eigenvalue weighted by Gasteiger charge is -2.08. The highest BCUT2D eigenvalue weighted by molar-refractivity contribution is 14.1. The Balaban J connectivity index is 3.35. The Morgan fingerprint density at radius 3 is 2.08 bits per heavy atom. The van der Waals surface area contributed by atoms with Crippen LogP contribution in [0.1, 0.15) is 5.56 Å². The van der Waals surface area contributed by atoms with Crippen molar-refractivity contribution in [3.8, 4) is 0 Å². The van der Waals surface area contributed by atoms with Crippen LogP contribution in [0.5, 0.6) is 0 Å². The van der Waals surface area contributed by atoms with E-state index in [4.69, 9.17) is 0 Å². The van der Waals surface area contributed by atoms with E-state index < -0.39 is 26.9 Å². The Hall–Kier alpha value is -0.400. The summed E-state index contributed by atoms with van der Waals surface area (Å²) in [6, 6.07) is 0.973. The predicted molar refractivity (Wildman–Crippen MR) is 44.1 cm³/mol. The Labute approximate surface area is 83.9 Å². The molecule has 1 aromatic carbocycles. The molecule has 0 aliphatic heterocycles. The highest BCUT2D eigenvalue weighted by atomic mass is 127.